The summed E-state index contributed by atoms with van der Waals surface area (Å²) in [6, 6.07) is 6.83. The van der Waals surface area contributed by atoms with Crippen LogP contribution in [0.4, 0.5) is 18.9 Å². The lowest BCUT2D eigenvalue weighted by Gasteiger charge is -2.42. The van der Waals surface area contributed by atoms with Gasteiger partial charge >= 0.3 is 0 Å². The number of hydrogen-bond donors (Lipinski definition) is 2. The summed E-state index contributed by atoms with van der Waals surface area (Å²) in [5, 5.41) is 0. The Morgan fingerprint density at radius 3 is 2.52 bits per heavy atom. The number of hydrogen-bond acceptors (Lipinski definition) is 4. The van der Waals surface area contributed by atoms with Gasteiger partial charge in [-0.05, 0) is 42.8 Å². The maximum Gasteiger partial charge on any atom is 0.153 e. The zero-order valence-electron chi connectivity index (χ0n) is 16.8. The second-order valence-electron chi connectivity index (χ2n) is 7.98. The monoisotopic (exact) mass is 423 g/mol. The Bertz CT molecular complexity index is 1270. The highest BCUT2D eigenvalue weighted by atomic mass is 19.1. The van der Waals surface area contributed by atoms with E-state index in [-0.39, 0.29) is 16.9 Å². The van der Waals surface area contributed by atoms with Crippen molar-refractivity contribution in [1.29, 1.82) is 0 Å². The van der Waals surface area contributed by atoms with Crippen LogP contribution < -0.4 is 10.6 Å². The molecule has 0 amide bonds. The molecule has 2 aromatic heterocycles. The molecule has 0 unspecified atom stereocenters. The van der Waals surface area contributed by atoms with Gasteiger partial charge in [0.15, 0.2) is 5.82 Å². The second kappa shape index (κ2) is 7.39. The van der Waals surface area contributed by atoms with Crippen LogP contribution in [0, 0.1) is 30.3 Å². The average Bonchev–Trinajstić information content (AvgIpc) is 3.10. The minimum Gasteiger partial charge on any atom is -0.370 e. The third-order valence-electron chi connectivity index (χ3n) is 5.64. The molecule has 1 aliphatic rings. The van der Waals surface area contributed by atoms with Crippen LogP contribution in [0.1, 0.15) is 5.56 Å². The molecular formula is C23H20F3N5. The number of aromatic nitrogens is 3. The van der Waals surface area contributed by atoms with E-state index in [9.17, 15) is 13.2 Å². The topological polar surface area (TPSA) is 70.8 Å². The molecule has 2 aromatic carbocycles. The molecule has 5 rings (SSSR count). The molecule has 1 saturated heterocycles. The number of imidazole rings is 1. The first-order chi connectivity index (χ1) is 14.9. The highest BCUT2D eigenvalue weighted by Crippen LogP contribution is 2.41. The number of aromatic amines is 1. The van der Waals surface area contributed by atoms with Gasteiger partial charge < -0.3 is 15.6 Å². The van der Waals surface area contributed by atoms with Crippen molar-refractivity contribution >= 4 is 16.7 Å². The van der Waals surface area contributed by atoms with E-state index in [2.05, 4.69) is 19.9 Å². The van der Waals surface area contributed by atoms with E-state index in [4.69, 9.17) is 5.73 Å². The highest BCUT2D eigenvalue weighted by molar-refractivity contribution is 5.91. The molecule has 0 spiro atoms. The van der Waals surface area contributed by atoms with Crippen molar-refractivity contribution in [3.05, 3.63) is 65.7 Å². The summed E-state index contributed by atoms with van der Waals surface area (Å²) in [7, 11) is 0. The van der Waals surface area contributed by atoms with Gasteiger partial charge in [-0.3, -0.25) is 4.98 Å². The van der Waals surface area contributed by atoms with Gasteiger partial charge in [-0.2, -0.15) is 0 Å². The number of nitrogens with two attached hydrogens (primary N) is 1. The van der Waals surface area contributed by atoms with Gasteiger partial charge in [-0.1, -0.05) is 6.07 Å². The van der Waals surface area contributed by atoms with E-state index in [1.165, 1.54) is 18.2 Å². The molecule has 0 atom stereocenters. The smallest absolute Gasteiger partial charge is 0.153 e. The number of H-pyrrole nitrogens is 1. The van der Waals surface area contributed by atoms with E-state index >= 15 is 0 Å². The van der Waals surface area contributed by atoms with Crippen molar-refractivity contribution in [1.82, 2.24) is 15.0 Å². The summed E-state index contributed by atoms with van der Waals surface area (Å²) in [4.78, 5) is 13.9. The van der Waals surface area contributed by atoms with Crippen LogP contribution in [-0.4, -0.2) is 34.6 Å². The van der Waals surface area contributed by atoms with E-state index in [1.807, 2.05) is 13.0 Å². The molecule has 8 heteroatoms. The van der Waals surface area contributed by atoms with Gasteiger partial charge in [0.05, 0.1) is 16.8 Å². The van der Waals surface area contributed by atoms with Crippen LogP contribution in [0.25, 0.3) is 33.5 Å². The van der Waals surface area contributed by atoms with E-state index in [0.29, 0.717) is 29.4 Å². The molecule has 1 aliphatic heterocycles. The third-order valence-corrected chi connectivity index (χ3v) is 5.64. The van der Waals surface area contributed by atoms with Crippen molar-refractivity contribution in [3.8, 4) is 22.5 Å². The van der Waals surface area contributed by atoms with Crippen LogP contribution in [0.3, 0.4) is 0 Å². The van der Waals surface area contributed by atoms with Crippen molar-refractivity contribution < 1.29 is 13.2 Å². The van der Waals surface area contributed by atoms with Crippen LogP contribution in [0.15, 0.2) is 42.7 Å². The molecule has 3 heterocycles. The Morgan fingerprint density at radius 2 is 1.77 bits per heavy atom. The quantitative estimate of drug-likeness (QED) is 0.510. The first-order valence-corrected chi connectivity index (χ1v) is 9.98. The number of anilines is 1. The van der Waals surface area contributed by atoms with Gasteiger partial charge in [-0.15, -0.1) is 0 Å². The van der Waals surface area contributed by atoms with Gasteiger partial charge in [0.1, 0.15) is 23.0 Å². The molecule has 0 saturated carbocycles. The van der Waals surface area contributed by atoms with Crippen LogP contribution in [0.5, 0.6) is 0 Å². The van der Waals surface area contributed by atoms with Gasteiger partial charge in [0.25, 0.3) is 0 Å². The predicted molar refractivity (Wildman–Crippen MR) is 114 cm³/mol. The van der Waals surface area contributed by atoms with Crippen molar-refractivity contribution in [2.24, 2.45) is 11.7 Å². The van der Waals surface area contributed by atoms with Gasteiger partial charge in [-0.25, -0.2) is 18.2 Å². The molecule has 1 fully saturated rings. The number of nitrogens with zero attached hydrogens (tertiary/aromatic N) is 3. The Morgan fingerprint density at radius 1 is 1.03 bits per heavy atom. The van der Waals surface area contributed by atoms with Crippen LogP contribution in [0.2, 0.25) is 0 Å². The zero-order valence-corrected chi connectivity index (χ0v) is 16.8. The molecule has 3 N–H and O–H groups in total. The predicted octanol–water partition coefficient (Wildman–Crippen LogP) is 4.41. The number of benzene rings is 2. The molecular weight excluding hydrogens is 403 g/mol. The number of aryl methyl sites for hydroxylation is 1. The number of pyridine rings is 1. The van der Waals surface area contributed by atoms with Crippen LogP contribution in [-0.2, 0) is 0 Å². The molecule has 158 valence electrons. The molecule has 0 aliphatic carbocycles. The average molecular weight is 423 g/mol. The van der Waals surface area contributed by atoms with Crippen molar-refractivity contribution in [2.75, 3.05) is 24.5 Å². The Labute approximate surface area is 176 Å². The highest BCUT2D eigenvalue weighted by Gasteiger charge is 2.31. The minimum absolute atomic E-state index is 0.0535. The number of nitrogens with one attached hydrogen (secondary N) is 1. The lowest BCUT2D eigenvalue weighted by Crippen LogP contribution is -2.50. The lowest BCUT2D eigenvalue weighted by atomic mass is 9.94. The summed E-state index contributed by atoms with van der Waals surface area (Å²) < 4.78 is 42.1. The fraction of sp³-hybridized carbons (Fsp3) is 0.217. The fourth-order valence-corrected chi connectivity index (χ4v) is 4.14. The maximum atomic E-state index is 14.2. The van der Waals surface area contributed by atoms with Crippen LogP contribution >= 0.6 is 0 Å². The second-order valence-corrected chi connectivity index (χ2v) is 7.98. The normalized spacial score (nSPS) is 14.3. The van der Waals surface area contributed by atoms with Crippen molar-refractivity contribution in [3.63, 3.8) is 0 Å². The zero-order chi connectivity index (χ0) is 21.7. The Kier molecular flexibility index (Phi) is 4.66. The summed E-state index contributed by atoms with van der Waals surface area (Å²) >= 11 is 0. The number of rotatable bonds is 4. The Balaban J connectivity index is 1.71. The summed E-state index contributed by atoms with van der Waals surface area (Å²) in [5.41, 5.74) is 9.77. The van der Waals surface area contributed by atoms with Gasteiger partial charge in [0, 0.05) is 43.0 Å². The standard InChI is InChI=1S/C23H20F3N5/c1-12-2-14(4-15(24)3-12)17-8-28-9-18(22(17)31-10-13(7-27)11-31)23-29-20-6-16(25)5-19(26)21(20)30-23/h2-6,8-9,13H,7,10-11,27H2,1H3,(H,29,30). The molecule has 31 heavy (non-hydrogen) atoms. The molecule has 4 aromatic rings. The maximum absolute atomic E-state index is 14.2. The number of fused-ring (bicyclic) bond motifs is 1. The first kappa shape index (κ1) is 19.6. The van der Waals surface area contributed by atoms with E-state index in [1.54, 1.807) is 12.4 Å². The molecule has 5 nitrogen and oxygen atoms in total. The van der Waals surface area contributed by atoms with E-state index in [0.717, 1.165) is 36.0 Å². The third kappa shape index (κ3) is 3.42. The Hall–Kier alpha value is -3.39. The SMILES string of the molecule is Cc1cc(F)cc(-c2cncc(-c3nc4c(F)cc(F)cc4[nH]3)c2N2CC(CN)C2)c1. The van der Waals surface area contributed by atoms with E-state index < -0.39 is 11.6 Å². The van der Waals surface area contributed by atoms with Gasteiger partial charge in [0.2, 0.25) is 0 Å². The lowest BCUT2D eigenvalue weighted by molar-refractivity contribution is 0.421. The largest absolute Gasteiger partial charge is 0.370 e. The summed E-state index contributed by atoms with van der Waals surface area (Å²) in [6.45, 7) is 3.87. The molecule has 0 radical (unpaired) electrons. The summed E-state index contributed by atoms with van der Waals surface area (Å²) in [5.74, 6) is -1.04. The van der Waals surface area contributed by atoms with Crippen molar-refractivity contribution in [2.45, 2.75) is 6.92 Å². The number of halogens is 3. The fourth-order valence-electron chi connectivity index (χ4n) is 4.14. The summed E-state index contributed by atoms with van der Waals surface area (Å²) in [6.07, 6.45) is 3.32. The minimum atomic E-state index is -0.740. The molecule has 0 bridgehead atoms. The first-order valence-electron chi connectivity index (χ1n) is 9.98.